The minimum Gasteiger partial charge on any atom is -0.481 e. The van der Waals surface area contributed by atoms with Crippen molar-refractivity contribution in [2.45, 2.75) is 39.9 Å². The normalized spacial score (nSPS) is 16.0. The van der Waals surface area contributed by atoms with E-state index in [1.807, 2.05) is 62.4 Å². The Hall–Kier alpha value is -3.02. The predicted octanol–water partition coefficient (Wildman–Crippen LogP) is 3.21. The number of ether oxygens (including phenoxy) is 2. The number of carbonyl (C=O) groups excluding carboxylic acids is 2. The van der Waals surface area contributed by atoms with Gasteiger partial charge in [0.1, 0.15) is 11.5 Å². The molecule has 6 heteroatoms. The number of hydrogen-bond donors (Lipinski definition) is 0. The fourth-order valence-corrected chi connectivity index (χ4v) is 3.40. The molecular formula is C24H30N2O4. The van der Waals surface area contributed by atoms with E-state index in [0.29, 0.717) is 37.7 Å². The van der Waals surface area contributed by atoms with Crippen LogP contribution >= 0.6 is 0 Å². The van der Waals surface area contributed by atoms with Gasteiger partial charge in [-0.2, -0.15) is 0 Å². The van der Waals surface area contributed by atoms with Crippen molar-refractivity contribution in [3.63, 3.8) is 0 Å². The highest BCUT2D eigenvalue weighted by Crippen LogP contribution is 2.17. The second-order valence-electron chi connectivity index (χ2n) is 7.80. The van der Waals surface area contributed by atoms with Crippen LogP contribution in [0.4, 0.5) is 0 Å². The second-order valence-corrected chi connectivity index (χ2v) is 7.80. The van der Waals surface area contributed by atoms with Gasteiger partial charge in [-0.1, -0.05) is 35.4 Å². The number of piperazine rings is 1. The average molecular weight is 411 g/mol. The lowest BCUT2D eigenvalue weighted by Crippen LogP contribution is -2.55. The molecule has 160 valence electrons. The number of benzene rings is 2. The van der Waals surface area contributed by atoms with E-state index in [9.17, 15) is 9.59 Å². The van der Waals surface area contributed by atoms with E-state index in [4.69, 9.17) is 9.47 Å². The summed E-state index contributed by atoms with van der Waals surface area (Å²) >= 11 is 0. The molecule has 2 amide bonds. The number of amides is 2. The maximum absolute atomic E-state index is 12.7. The first-order valence-corrected chi connectivity index (χ1v) is 10.4. The summed E-state index contributed by atoms with van der Waals surface area (Å²) in [6, 6.07) is 15.3. The fourth-order valence-electron chi connectivity index (χ4n) is 3.40. The van der Waals surface area contributed by atoms with Crippen molar-refractivity contribution in [2.75, 3.05) is 26.2 Å². The lowest BCUT2D eigenvalue weighted by molar-refractivity contribution is -0.146. The van der Waals surface area contributed by atoms with E-state index in [1.165, 1.54) is 0 Å². The molecule has 0 bridgehead atoms. The third kappa shape index (κ3) is 5.53. The summed E-state index contributed by atoms with van der Waals surface area (Å²) in [5, 5.41) is 0. The Labute approximate surface area is 178 Å². The van der Waals surface area contributed by atoms with Crippen LogP contribution in [0.5, 0.6) is 11.5 Å². The van der Waals surface area contributed by atoms with Crippen molar-refractivity contribution in [1.82, 2.24) is 9.80 Å². The third-order valence-electron chi connectivity index (χ3n) is 5.27. The van der Waals surface area contributed by atoms with Gasteiger partial charge in [-0.3, -0.25) is 9.59 Å². The van der Waals surface area contributed by atoms with Crippen LogP contribution in [0, 0.1) is 13.8 Å². The van der Waals surface area contributed by atoms with Crippen LogP contribution < -0.4 is 9.47 Å². The molecule has 6 nitrogen and oxygen atoms in total. The van der Waals surface area contributed by atoms with Gasteiger partial charge in [0.05, 0.1) is 0 Å². The Kier molecular flexibility index (Phi) is 6.98. The van der Waals surface area contributed by atoms with E-state index in [0.717, 1.165) is 11.1 Å². The van der Waals surface area contributed by atoms with Gasteiger partial charge in [0, 0.05) is 26.2 Å². The number of rotatable bonds is 6. The lowest BCUT2D eigenvalue weighted by Gasteiger charge is -2.36. The van der Waals surface area contributed by atoms with Crippen LogP contribution in [0.2, 0.25) is 0 Å². The van der Waals surface area contributed by atoms with E-state index >= 15 is 0 Å². The smallest absolute Gasteiger partial charge is 0.263 e. The highest BCUT2D eigenvalue weighted by atomic mass is 16.5. The minimum absolute atomic E-state index is 0.0633. The molecule has 0 aromatic heterocycles. The fraction of sp³-hybridized carbons (Fsp3) is 0.417. The summed E-state index contributed by atoms with van der Waals surface area (Å²) in [4.78, 5) is 29.0. The first kappa shape index (κ1) is 21.7. The summed E-state index contributed by atoms with van der Waals surface area (Å²) in [6.45, 7) is 9.49. The zero-order valence-electron chi connectivity index (χ0n) is 18.1. The van der Waals surface area contributed by atoms with Gasteiger partial charge in [0.2, 0.25) is 0 Å². The third-order valence-corrected chi connectivity index (χ3v) is 5.27. The summed E-state index contributed by atoms with van der Waals surface area (Å²) in [5.74, 6) is 1.23. The zero-order valence-corrected chi connectivity index (χ0v) is 18.1. The van der Waals surface area contributed by atoms with Gasteiger partial charge in [-0.25, -0.2) is 0 Å². The molecule has 2 atom stereocenters. The number of carbonyl (C=O) groups is 2. The standard InChI is InChI=1S/C24H30N2O4/c1-17-5-9-21(10-6-17)29-19(3)23(27)25-13-15-26(16-14-25)24(28)20(4)30-22-11-7-18(2)8-12-22/h5-12,19-20H,13-16H2,1-4H3/t19-,20-/m1/s1. The molecule has 1 fully saturated rings. The Morgan fingerprint density at radius 2 is 0.967 bits per heavy atom. The van der Waals surface area contributed by atoms with Gasteiger partial charge in [0.15, 0.2) is 12.2 Å². The molecule has 1 heterocycles. The first-order chi connectivity index (χ1) is 14.3. The monoisotopic (exact) mass is 410 g/mol. The molecule has 0 N–H and O–H groups in total. The van der Waals surface area contributed by atoms with Crippen molar-refractivity contribution in [2.24, 2.45) is 0 Å². The van der Waals surface area contributed by atoms with Gasteiger partial charge in [-0.05, 0) is 52.0 Å². The van der Waals surface area contributed by atoms with Crippen LogP contribution in [0.15, 0.2) is 48.5 Å². The highest BCUT2D eigenvalue weighted by Gasteiger charge is 2.30. The first-order valence-electron chi connectivity index (χ1n) is 10.4. The van der Waals surface area contributed by atoms with Crippen LogP contribution in [0.25, 0.3) is 0 Å². The Bertz CT molecular complexity index is 782. The molecule has 2 aromatic rings. The van der Waals surface area contributed by atoms with Crippen LogP contribution in [-0.4, -0.2) is 60.0 Å². The maximum Gasteiger partial charge on any atom is 0.263 e. The molecule has 30 heavy (non-hydrogen) atoms. The molecule has 2 aromatic carbocycles. The SMILES string of the molecule is Cc1ccc(O[C@H](C)C(=O)N2CCN(C(=O)[C@@H](C)Oc3ccc(C)cc3)CC2)cc1. The molecule has 0 radical (unpaired) electrons. The number of nitrogens with zero attached hydrogens (tertiary/aromatic N) is 2. The molecule has 1 saturated heterocycles. The molecule has 3 rings (SSSR count). The minimum atomic E-state index is -0.571. The molecular weight excluding hydrogens is 380 g/mol. The second kappa shape index (κ2) is 9.65. The van der Waals surface area contributed by atoms with Gasteiger partial charge < -0.3 is 19.3 Å². The van der Waals surface area contributed by atoms with Gasteiger partial charge in [0.25, 0.3) is 11.8 Å². The molecule has 1 aliphatic heterocycles. The number of hydrogen-bond acceptors (Lipinski definition) is 4. The van der Waals surface area contributed by atoms with Crippen molar-refractivity contribution in [1.29, 1.82) is 0 Å². The van der Waals surface area contributed by atoms with Crippen molar-refractivity contribution < 1.29 is 19.1 Å². The zero-order chi connectivity index (χ0) is 21.7. The summed E-state index contributed by atoms with van der Waals surface area (Å²) in [6.07, 6.45) is -1.14. The van der Waals surface area contributed by atoms with E-state index < -0.39 is 12.2 Å². The van der Waals surface area contributed by atoms with E-state index in [2.05, 4.69) is 0 Å². The Balaban J connectivity index is 1.48. The van der Waals surface area contributed by atoms with E-state index in [1.54, 1.807) is 23.6 Å². The van der Waals surface area contributed by atoms with Crippen molar-refractivity contribution >= 4 is 11.8 Å². The van der Waals surface area contributed by atoms with Crippen molar-refractivity contribution in [3.8, 4) is 11.5 Å². The highest BCUT2D eigenvalue weighted by molar-refractivity contribution is 5.83. The van der Waals surface area contributed by atoms with Gasteiger partial charge >= 0.3 is 0 Å². The average Bonchev–Trinajstić information content (AvgIpc) is 2.76. The maximum atomic E-state index is 12.7. The quantitative estimate of drug-likeness (QED) is 0.734. The van der Waals surface area contributed by atoms with Crippen LogP contribution in [0.3, 0.4) is 0 Å². The topological polar surface area (TPSA) is 59.1 Å². The molecule has 0 spiro atoms. The molecule has 0 aliphatic carbocycles. The molecule has 1 aliphatic rings. The Morgan fingerprint density at radius 3 is 1.27 bits per heavy atom. The Morgan fingerprint density at radius 1 is 0.667 bits per heavy atom. The van der Waals surface area contributed by atoms with Gasteiger partial charge in [-0.15, -0.1) is 0 Å². The summed E-state index contributed by atoms with van der Waals surface area (Å²) < 4.78 is 11.6. The largest absolute Gasteiger partial charge is 0.481 e. The summed E-state index contributed by atoms with van der Waals surface area (Å²) in [7, 11) is 0. The van der Waals surface area contributed by atoms with Crippen molar-refractivity contribution in [3.05, 3.63) is 59.7 Å². The lowest BCUT2D eigenvalue weighted by atomic mass is 10.2. The molecule has 0 saturated carbocycles. The number of aryl methyl sites for hydroxylation is 2. The predicted molar refractivity (Wildman–Crippen MR) is 116 cm³/mol. The summed E-state index contributed by atoms with van der Waals surface area (Å²) in [5.41, 5.74) is 2.28. The van der Waals surface area contributed by atoms with Crippen LogP contribution in [-0.2, 0) is 9.59 Å². The molecule has 0 unspecified atom stereocenters. The van der Waals surface area contributed by atoms with E-state index in [-0.39, 0.29) is 11.8 Å². The van der Waals surface area contributed by atoms with Crippen LogP contribution in [0.1, 0.15) is 25.0 Å².